The number of alkyl carbamates (subject to hydrolysis) is 1. The van der Waals surface area contributed by atoms with Gasteiger partial charge in [-0.15, -0.1) is 11.3 Å². The maximum atomic E-state index is 14.3. The molecular weight excluding hydrogens is 406 g/mol. The molecule has 24 heavy (non-hydrogen) atoms. The molecule has 5 nitrogen and oxygen atoms in total. The number of nitrogens with one attached hydrogen (secondary N) is 1. The van der Waals surface area contributed by atoms with Crippen LogP contribution in [0.25, 0.3) is 0 Å². The van der Waals surface area contributed by atoms with Gasteiger partial charge in [-0.3, -0.25) is 4.79 Å². The summed E-state index contributed by atoms with van der Waals surface area (Å²) >= 11 is 4.17. The first kappa shape index (κ1) is 19.1. The number of ether oxygens (including phenoxy) is 1. The molecule has 0 aromatic carbocycles. The molecule has 134 valence electrons. The molecule has 0 fully saturated rings. The fourth-order valence-corrected chi connectivity index (χ4v) is 3.85. The molecule has 1 aromatic heterocycles. The van der Waals surface area contributed by atoms with Gasteiger partial charge in [-0.05, 0) is 32.2 Å². The Labute approximate surface area is 151 Å². The Morgan fingerprint density at radius 3 is 2.75 bits per heavy atom. The van der Waals surface area contributed by atoms with Crippen molar-refractivity contribution in [2.45, 2.75) is 38.3 Å². The highest BCUT2D eigenvalue weighted by Crippen LogP contribution is 2.44. The van der Waals surface area contributed by atoms with Crippen molar-refractivity contribution in [3.63, 3.8) is 0 Å². The summed E-state index contributed by atoms with van der Waals surface area (Å²) in [5.41, 5.74) is -0.745. The zero-order valence-corrected chi connectivity index (χ0v) is 16.0. The summed E-state index contributed by atoms with van der Waals surface area (Å²) in [6.07, 6.45) is -0.649. The van der Waals surface area contributed by atoms with E-state index in [2.05, 4.69) is 21.2 Å². The van der Waals surface area contributed by atoms with Gasteiger partial charge in [0.05, 0.1) is 17.9 Å². The molecule has 0 saturated carbocycles. The van der Waals surface area contributed by atoms with E-state index < -0.39 is 36.1 Å². The number of thiophene rings is 1. The lowest BCUT2D eigenvalue weighted by Crippen LogP contribution is -2.50. The molecule has 1 aliphatic heterocycles. The summed E-state index contributed by atoms with van der Waals surface area (Å²) in [5, 5.41) is 4.08. The number of alkyl halides is 3. The zero-order chi connectivity index (χ0) is 18.1. The van der Waals surface area contributed by atoms with Crippen LogP contribution in [-0.4, -0.2) is 40.9 Å². The Balaban J connectivity index is 2.21. The van der Waals surface area contributed by atoms with Crippen molar-refractivity contribution in [2.24, 2.45) is 0 Å². The first-order valence-electron chi connectivity index (χ1n) is 7.33. The van der Waals surface area contributed by atoms with Gasteiger partial charge in [0.25, 0.3) is 5.92 Å². The van der Waals surface area contributed by atoms with E-state index in [9.17, 15) is 18.4 Å². The van der Waals surface area contributed by atoms with Gasteiger partial charge >= 0.3 is 6.09 Å². The molecule has 1 atom stereocenters. The number of fused-ring (bicyclic) bond motifs is 1. The Morgan fingerprint density at radius 1 is 1.50 bits per heavy atom. The van der Waals surface area contributed by atoms with Gasteiger partial charge in [0.15, 0.2) is 0 Å². The summed E-state index contributed by atoms with van der Waals surface area (Å²) in [6.45, 7) is 4.49. The van der Waals surface area contributed by atoms with Gasteiger partial charge in [-0.2, -0.15) is 8.78 Å². The van der Waals surface area contributed by atoms with E-state index in [0.29, 0.717) is 4.88 Å². The van der Waals surface area contributed by atoms with Crippen LogP contribution >= 0.6 is 27.3 Å². The van der Waals surface area contributed by atoms with Gasteiger partial charge < -0.3 is 15.0 Å². The van der Waals surface area contributed by atoms with Crippen LogP contribution in [-0.2, 0) is 15.5 Å². The first-order chi connectivity index (χ1) is 11.0. The van der Waals surface area contributed by atoms with Gasteiger partial charge in [-0.1, -0.05) is 15.9 Å². The molecule has 2 rings (SSSR count). The van der Waals surface area contributed by atoms with Crippen molar-refractivity contribution in [3.05, 3.63) is 21.9 Å². The standard InChI is InChI=1S/C15H19BrF2N2O3S/c1-14(2,3)23-13(22)19-7-10-12-9(4-5-24-12)15(17,18)8-20(10)11(21)6-16/h4-5,10H,6-8H2,1-3H3,(H,19,22). The van der Waals surface area contributed by atoms with Crippen LogP contribution < -0.4 is 5.32 Å². The van der Waals surface area contributed by atoms with E-state index in [4.69, 9.17) is 4.74 Å². The molecule has 2 amide bonds. The Bertz CT molecular complexity index is 630. The maximum absolute atomic E-state index is 14.3. The number of hydrogen-bond acceptors (Lipinski definition) is 4. The lowest BCUT2D eigenvalue weighted by molar-refractivity contribution is -0.140. The quantitative estimate of drug-likeness (QED) is 0.753. The van der Waals surface area contributed by atoms with Crippen LogP contribution in [0.3, 0.4) is 0 Å². The average Bonchev–Trinajstić information content (AvgIpc) is 2.93. The fraction of sp³-hybridized carbons (Fsp3) is 0.600. The number of amides is 2. The molecular formula is C15H19BrF2N2O3S. The molecule has 0 spiro atoms. The van der Waals surface area contributed by atoms with Crippen molar-refractivity contribution in [1.29, 1.82) is 0 Å². The zero-order valence-electron chi connectivity index (χ0n) is 13.6. The number of carbonyl (C=O) groups excluding carboxylic acids is 2. The maximum Gasteiger partial charge on any atom is 0.407 e. The Hall–Kier alpha value is -1.22. The van der Waals surface area contributed by atoms with Crippen LogP contribution in [0.1, 0.15) is 37.3 Å². The first-order valence-corrected chi connectivity index (χ1v) is 9.33. The third-order valence-corrected chi connectivity index (χ3v) is 4.91. The molecule has 9 heteroatoms. The van der Waals surface area contributed by atoms with Crippen molar-refractivity contribution in [3.8, 4) is 0 Å². The third kappa shape index (κ3) is 4.24. The Morgan fingerprint density at radius 2 is 2.17 bits per heavy atom. The molecule has 2 heterocycles. The SMILES string of the molecule is CC(C)(C)OC(=O)NCC1c2sccc2C(F)(F)CN1C(=O)CBr. The van der Waals surface area contributed by atoms with Crippen molar-refractivity contribution in [2.75, 3.05) is 18.4 Å². The highest BCUT2D eigenvalue weighted by Gasteiger charge is 2.47. The predicted octanol–water partition coefficient (Wildman–Crippen LogP) is 3.64. The summed E-state index contributed by atoms with van der Waals surface area (Å²) in [4.78, 5) is 25.4. The van der Waals surface area contributed by atoms with E-state index in [0.717, 1.165) is 16.2 Å². The third-order valence-electron chi connectivity index (χ3n) is 3.41. The van der Waals surface area contributed by atoms with Crippen molar-refractivity contribution in [1.82, 2.24) is 10.2 Å². The minimum Gasteiger partial charge on any atom is -0.444 e. The molecule has 0 saturated heterocycles. The number of halogens is 3. The molecule has 1 aromatic rings. The minimum atomic E-state index is -3.10. The molecule has 1 N–H and O–H groups in total. The van der Waals surface area contributed by atoms with Crippen LogP contribution in [0.15, 0.2) is 11.4 Å². The smallest absolute Gasteiger partial charge is 0.407 e. The number of carbonyl (C=O) groups is 2. The van der Waals surface area contributed by atoms with E-state index >= 15 is 0 Å². The lowest BCUT2D eigenvalue weighted by atomic mass is 9.98. The van der Waals surface area contributed by atoms with E-state index in [-0.39, 0.29) is 17.4 Å². The van der Waals surface area contributed by atoms with Crippen molar-refractivity contribution >= 4 is 39.3 Å². The summed E-state index contributed by atoms with van der Waals surface area (Å²) in [6, 6.07) is 0.730. The second kappa shape index (κ2) is 6.95. The highest BCUT2D eigenvalue weighted by atomic mass is 79.9. The second-order valence-corrected chi connectivity index (χ2v) is 7.97. The minimum absolute atomic E-state index is 0.0112. The van der Waals surface area contributed by atoms with Crippen LogP contribution in [0, 0.1) is 0 Å². The molecule has 0 aliphatic carbocycles. The molecule has 1 unspecified atom stereocenters. The number of hydrogen-bond donors (Lipinski definition) is 1. The van der Waals surface area contributed by atoms with Gasteiger partial charge in [0.1, 0.15) is 5.60 Å². The predicted molar refractivity (Wildman–Crippen MR) is 90.7 cm³/mol. The van der Waals surface area contributed by atoms with E-state index in [1.165, 1.54) is 6.07 Å². The average molecular weight is 425 g/mol. The largest absolute Gasteiger partial charge is 0.444 e. The second-order valence-electron chi connectivity index (χ2n) is 6.46. The van der Waals surface area contributed by atoms with Gasteiger partial charge in [-0.25, -0.2) is 4.79 Å². The normalized spacial score (nSPS) is 19.6. The molecule has 0 radical (unpaired) electrons. The monoisotopic (exact) mass is 424 g/mol. The van der Waals surface area contributed by atoms with Crippen LogP contribution in [0.4, 0.5) is 13.6 Å². The van der Waals surface area contributed by atoms with Crippen molar-refractivity contribution < 1.29 is 23.1 Å². The number of nitrogens with zero attached hydrogens (tertiary/aromatic N) is 1. The topological polar surface area (TPSA) is 58.6 Å². The Kier molecular flexibility index (Phi) is 5.54. The van der Waals surface area contributed by atoms with E-state index in [1.807, 2.05) is 0 Å². The summed E-state index contributed by atoms with van der Waals surface area (Å²) < 4.78 is 33.7. The van der Waals surface area contributed by atoms with Gasteiger partial charge in [0, 0.05) is 17.0 Å². The van der Waals surface area contributed by atoms with Gasteiger partial charge in [0.2, 0.25) is 5.91 Å². The summed E-state index contributed by atoms with van der Waals surface area (Å²) in [7, 11) is 0. The van der Waals surface area contributed by atoms with Crippen LogP contribution in [0.5, 0.6) is 0 Å². The number of rotatable bonds is 3. The highest BCUT2D eigenvalue weighted by molar-refractivity contribution is 9.09. The fourth-order valence-electron chi connectivity index (χ4n) is 2.47. The molecule has 1 aliphatic rings. The lowest BCUT2D eigenvalue weighted by Gasteiger charge is -2.39. The summed E-state index contributed by atoms with van der Waals surface area (Å²) in [5.74, 6) is -3.56. The van der Waals surface area contributed by atoms with E-state index in [1.54, 1.807) is 26.2 Å². The molecule has 0 bridgehead atoms. The van der Waals surface area contributed by atoms with Crippen LogP contribution in [0.2, 0.25) is 0 Å².